The standard InChI is InChI=1S/CH2O3/c2-1-4-3/h1,3H/i3+2. The van der Waals surface area contributed by atoms with Crippen molar-refractivity contribution in [1.29, 1.82) is 0 Å². The van der Waals surface area contributed by atoms with Gasteiger partial charge in [-0.05, 0) is 0 Å². The summed E-state index contributed by atoms with van der Waals surface area (Å²) < 4.78 is 0. The number of rotatable bonds is 1. The molecule has 0 amide bonds. The lowest BCUT2D eigenvalue weighted by atomic mass is 11.7. The first-order valence-electron chi connectivity index (χ1n) is 0.654. The molecule has 0 atom stereocenters. The third kappa shape index (κ3) is 1.43. The largest absolute Gasteiger partial charge is 0.330 e. The second-order valence-electron chi connectivity index (χ2n) is 0.202. The van der Waals surface area contributed by atoms with Gasteiger partial charge in [-0.3, -0.25) is 4.79 Å². The van der Waals surface area contributed by atoms with Crippen molar-refractivity contribution in [3.8, 4) is 0 Å². The van der Waals surface area contributed by atoms with E-state index >= 15 is 0 Å². The van der Waals surface area contributed by atoms with Crippen LogP contribution >= 0.6 is 0 Å². The van der Waals surface area contributed by atoms with Crippen LogP contribution in [0.5, 0.6) is 0 Å². The van der Waals surface area contributed by atoms with E-state index < -0.39 is 0 Å². The highest BCUT2D eigenvalue weighted by Gasteiger charge is 1.47. The number of carbonyl (C=O) groups is 1. The minimum atomic E-state index is -0.0694. The fraction of sp³-hybridized carbons (Fsp3) is 0. The van der Waals surface area contributed by atoms with Crippen molar-refractivity contribution in [2.75, 3.05) is 0 Å². The second-order valence-corrected chi connectivity index (χ2v) is 0.202. The highest BCUT2D eigenvalue weighted by Crippen LogP contribution is 1.33. The molecule has 4 heavy (non-hydrogen) atoms. The summed E-state index contributed by atoms with van der Waals surface area (Å²) in [6.07, 6.45) is 0. The Labute approximate surface area is 22.7 Å². The molecule has 0 saturated carbocycles. The lowest BCUT2D eigenvalue weighted by Crippen LogP contribution is -1.69. The summed E-state index contributed by atoms with van der Waals surface area (Å²) in [5.74, 6) is 0. The molecule has 0 radical (unpaired) electrons. The minimum absolute atomic E-state index is 0.0694. The molecular weight excluding hydrogens is 62.0 g/mol. The van der Waals surface area contributed by atoms with E-state index in [1.807, 2.05) is 0 Å². The highest BCUT2D eigenvalue weighted by molar-refractivity contribution is 5.35. The maximum atomic E-state index is 8.70. The van der Waals surface area contributed by atoms with Crippen molar-refractivity contribution < 1.29 is 14.9 Å². The second kappa shape index (κ2) is 2.43. The van der Waals surface area contributed by atoms with E-state index in [4.69, 9.17) is 10.1 Å². The van der Waals surface area contributed by atoms with Crippen molar-refractivity contribution in [3.63, 3.8) is 0 Å². The molecule has 1 N–H and O–H groups in total. The molecular formula is CH2O3. The quantitative estimate of drug-likeness (QED) is 0.196. The van der Waals surface area contributed by atoms with Crippen LogP contribution in [0.3, 0.4) is 0 Å². The number of carbonyl (C=O) groups excluding carboxylic acids is 1. The molecule has 0 aromatic carbocycles. The molecule has 3 heteroatoms. The maximum absolute atomic E-state index is 8.70. The normalized spacial score (nSPS) is 5.25. The van der Waals surface area contributed by atoms with E-state index in [-0.39, 0.29) is 6.47 Å². The fourth-order valence-corrected chi connectivity index (χ4v) is 0. The first kappa shape index (κ1) is 3.43. The third-order valence-electron chi connectivity index (χ3n) is 0.0430. The predicted molar refractivity (Wildman–Crippen MR) is 9.78 cm³/mol. The molecule has 0 aromatic heterocycles. The van der Waals surface area contributed by atoms with E-state index in [0.717, 1.165) is 0 Å². The summed E-state index contributed by atoms with van der Waals surface area (Å²) in [6, 6.07) is 0. The van der Waals surface area contributed by atoms with Gasteiger partial charge in [0.1, 0.15) is 0 Å². The molecule has 0 rings (SSSR count). The van der Waals surface area contributed by atoms with Gasteiger partial charge in [0.2, 0.25) is 0 Å². The van der Waals surface area contributed by atoms with Gasteiger partial charge in [-0.2, -0.15) is 0 Å². The Hall–Kier alpha value is -0.570. The van der Waals surface area contributed by atoms with Crippen molar-refractivity contribution in [2.45, 2.75) is 0 Å². The predicted octanol–water partition coefficient (Wildman–Crippen LogP) is -0.368. The van der Waals surface area contributed by atoms with E-state index in [9.17, 15) is 0 Å². The lowest BCUT2D eigenvalue weighted by Gasteiger charge is -1.63. The summed E-state index contributed by atoms with van der Waals surface area (Å²) in [4.78, 5) is 11.6. The molecule has 0 aliphatic rings. The number of hydrogen-bond donors (Lipinski definition) is 1. The Morgan fingerprint density at radius 2 is 2.25 bits per heavy atom. The van der Waals surface area contributed by atoms with E-state index in [1.54, 1.807) is 0 Å². The smallest absolute Gasteiger partial charge is 0.304 e. The van der Waals surface area contributed by atoms with Crippen LogP contribution in [0.4, 0.5) is 0 Å². The van der Waals surface area contributed by atoms with Crippen LogP contribution in [-0.2, 0) is 9.68 Å². The molecule has 0 aliphatic heterocycles. The third-order valence-corrected chi connectivity index (χ3v) is 0.0430. The Morgan fingerprint density at radius 3 is 2.25 bits per heavy atom. The van der Waals surface area contributed by atoms with Crippen LogP contribution in [0.2, 0.25) is 0 Å². The van der Waals surface area contributed by atoms with Crippen LogP contribution in [-0.4, -0.2) is 11.7 Å². The monoisotopic (exact) mass is 64.0 g/mol. The Bertz CT molecular complexity index is 17.2. The average Bonchev–Trinajstić information content (AvgIpc) is 1.37. The molecule has 0 bridgehead atoms. The molecule has 0 heterocycles. The molecule has 0 aliphatic carbocycles. The fourth-order valence-electron chi connectivity index (χ4n) is 0. The lowest BCUT2D eigenvalue weighted by molar-refractivity contribution is -0.217. The van der Waals surface area contributed by atoms with Gasteiger partial charge in [-0.15, -0.1) is 0 Å². The minimum Gasteiger partial charge on any atom is -0.304 e. The Morgan fingerprint density at radius 1 is 2.00 bits per heavy atom. The van der Waals surface area contributed by atoms with Gasteiger partial charge in [0.25, 0.3) is 0 Å². The van der Waals surface area contributed by atoms with Crippen LogP contribution < -0.4 is 0 Å². The Balaban J connectivity index is 2.30. The summed E-state index contributed by atoms with van der Waals surface area (Å²) in [5.41, 5.74) is 0. The summed E-state index contributed by atoms with van der Waals surface area (Å²) in [7, 11) is 0. The summed E-state index contributed by atoms with van der Waals surface area (Å²) >= 11 is 0. The van der Waals surface area contributed by atoms with Gasteiger partial charge >= 0.3 is 6.47 Å². The molecule has 0 unspecified atom stereocenters. The van der Waals surface area contributed by atoms with E-state index in [2.05, 4.69) is 4.89 Å². The van der Waals surface area contributed by atoms with Gasteiger partial charge < -0.3 is 4.89 Å². The van der Waals surface area contributed by atoms with Crippen LogP contribution in [0.1, 0.15) is 0 Å². The first-order valence-corrected chi connectivity index (χ1v) is 0.654. The summed E-state index contributed by atoms with van der Waals surface area (Å²) in [6.45, 7) is -0.0694. The van der Waals surface area contributed by atoms with Crippen LogP contribution in [0, 0.1) is 0 Å². The number of hydrogen-bond acceptors (Lipinski definition) is 3. The Kier molecular flexibility index (Phi) is 2.08. The van der Waals surface area contributed by atoms with Gasteiger partial charge in [0, 0.05) is 0 Å². The molecule has 0 aromatic rings. The molecule has 0 saturated heterocycles. The van der Waals surface area contributed by atoms with Gasteiger partial charge in [0.15, 0.2) is 0 Å². The molecule has 24 valence electrons. The van der Waals surface area contributed by atoms with Crippen molar-refractivity contribution >= 4 is 6.47 Å². The van der Waals surface area contributed by atoms with Crippen LogP contribution in [0.25, 0.3) is 0 Å². The van der Waals surface area contributed by atoms with Gasteiger partial charge in [-0.25, -0.2) is 5.26 Å². The van der Waals surface area contributed by atoms with Crippen molar-refractivity contribution in [1.82, 2.24) is 0 Å². The van der Waals surface area contributed by atoms with Crippen LogP contribution in [0.15, 0.2) is 0 Å². The zero-order valence-corrected chi connectivity index (χ0v) is 1.84. The average molecular weight is 64.0 g/mol. The molecule has 0 spiro atoms. The molecule has 0 fully saturated rings. The maximum Gasteiger partial charge on any atom is 0.330 e. The highest BCUT2D eigenvalue weighted by atomic mass is 18.4. The van der Waals surface area contributed by atoms with Crippen molar-refractivity contribution in [2.24, 2.45) is 0 Å². The topological polar surface area (TPSA) is 46.5 Å². The first-order chi connectivity index (χ1) is 1.91. The van der Waals surface area contributed by atoms with Gasteiger partial charge in [0.05, 0.1) is 0 Å². The van der Waals surface area contributed by atoms with Crippen molar-refractivity contribution in [3.05, 3.63) is 0 Å². The van der Waals surface area contributed by atoms with Gasteiger partial charge in [-0.1, -0.05) is 0 Å². The van der Waals surface area contributed by atoms with E-state index in [1.165, 1.54) is 0 Å². The van der Waals surface area contributed by atoms with E-state index in [0.29, 0.717) is 0 Å². The summed E-state index contributed by atoms with van der Waals surface area (Å²) in [5, 5.41) is 7.01. The zero-order valence-electron chi connectivity index (χ0n) is 1.84. The molecule has 3 nitrogen and oxygen atoms in total. The SMILES string of the molecule is O=CO[18OH]. The zero-order chi connectivity index (χ0) is 3.41.